The molecule has 0 radical (unpaired) electrons. The highest BCUT2D eigenvalue weighted by Gasteiger charge is 2.20. The van der Waals surface area contributed by atoms with Crippen molar-refractivity contribution in [3.05, 3.63) is 17.7 Å². The van der Waals surface area contributed by atoms with Crippen molar-refractivity contribution in [2.45, 2.75) is 19.0 Å². The van der Waals surface area contributed by atoms with E-state index in [0.29, 0.717) is 23.7 Å². The van der Waals surface area contributed by atoms with Crippen molar-refractivity contribution in [3.63, 3.8) is 0 Å². The van der Waals surface area contributed by atoms with Gasteiger partial charge in [-0.1, -0.05) is 0 Å². The van der Waals surface area contributed by atoms with E-state index in [2.05, 4.69) is 10.6 Å². The van der Waals surface area contributed by atoms with Crippen molar-refractivity contribution in [2.75, 3.05) is 33.3 Å². The number of hydrogen-bond acceptors (Lipinski definition) is 6. The Labute approximate surface area is 151 Å². The molecule has 25 heavy (non-hydrogen) atoms. The second-order valence-electron chi connectivity index (χ2n) is 5.08. The molecule has 1 aromatic carbocycles. The molecule has 9 heteroatoms. The van der Waals surface area contributed by atoms with Crippen molar-refractivity contribution < 1.29 is 23.8 Å². The molecule has 0 bridgehead atoms. The fraction of sp³-hybridized carbons (Fsp3) is 0.500. The van der Waals surface area contributed by atoms with Crippen molar-refractivity contribution in [3.8, 4) is 17.2 Å². The summed E-state index contributed by atoms with van der Waals surface area (Å²) in [6.45, 7) is 0.207. The number of methoxy groups -OCH3 is 3. The highest BCUT2D eigenvalue weighted by molar-refractivity contribution is 7.98. The number of thioether (sulfide) groups is 1. The van der Waals surface area contributed by atoms with E-state index in [0.717, 1.165) is 11.3 Å². The molecule has 0 fully saturated rings. The predicted molar refractivity (Wildman–Crippen MR) is 97.5 cm³/mol. The summed E-state index contributed by atoms with van der Waals surface area (Å²) in [7, 11) is 4.59. The van der Waals surface area contributed by atoms with E-state index in [1.165, 1.54) is 21.3 Å². The van der Waals surface area contributed by atoms with Crippen LogP contribution in [0.4, 0.5) is 4.79 Å². The standard InChI is InChI=1S/C16H25N3O5S/c1-22-12-8-14(24-3)13(23-2)7-10(12)9-18-15(20)11(5-6-25-4)19-16(17)21/h7-8,11H,5-6,9H2,1-4H3,(H,18,20)(H3,17,19,21)/t11-/m0/s1. The molecule has 0 aliphatic heterocycles. The topological polar surface area (TPSA) is 112 Å². The molecule has 3 amide bonds. The first-order valence-corrected chi connectivity index (χ1v) is 8.97. The molecule has 1 aromatic rings. The first kappa shape index (κ1) is 20.8. The predicted octanol–water partition coefficient (Wildman–Crippen LogP) is 1.12. The molecule has 0 aliphatic rings. The molecule has 1 atom stereocenters. The maximum absolute atomic E-state index is 12.3. The summed E-state index contributed by atoms with van der Waals surface area (Å²) < 4.78 is 15.8. The van der Waals surface area contributed by atoms with Crippen LogP contribution in [0.5, 0.6) is 17.2 Å². The number of urea groups is 1. The molecule has 4 N–H and O–H groups in total. The van der Waals surface area contributed by atoms with Gasteiger partial charge in [-0.3, -0.25) is 4.79 Å². The number of carbonyl (C=O) groups excluding carboxylic acids is 2. The summed E-state index contributed by atoms with van der Waals surface area (Å²) in [5.74, 6) is 2.02. The van der Waals surface area contributed by atoms with Crippen LogP contribution in [-0.2, 0) is 11.3 Å². The lowest BCUT2D eigenvalue weighted by Gasteiger charge is -2.18. The maximum Gasteiger partial charge on any atom is 0.312 e. The largest absolute Gasteiger partial charge is 0.496 e. The zero-order chi connectivity index (χ0) is 18.8. The van der Waals surface area contributed by atoms with Gasteiger partial charge in [0, 0.05) is 18.2 Å². The van der Waals surface area contributed by atoms with Crippen LogP contribution in [-0.4, -0.2) is 51.3 Å². The van der Waals surface area contributed by atoms with Crippen molar-refractivity contribution in [1.29, 1.82) is 0 Å². The Hall–Kier alpha value is -2.29. The second kappa shape index (κ2) is 10.5. The number of primary amides is 1. The third kappa shape index (κ3) is 6.26. The highest BCUT2D eigenvalue weighted by Crippen LogP contribution is 2.34. The summed E-state index contributed by atoms with van der Waals surface area (Å²) in [6.07, 6.45) is 2.41. The number of ether oxygens (including phenoxy) is 3. The summed E-state index contributed by atoms with van der Waals surface area (Å²) in [6, 6.07) is 2.00. The summed E-state index contributed by atoms with van der Waals surface area (Å²) in [4.78, 5) is 23.4. The third-order valence-corrected chi connectivity index (χ3v) is 4.13. The van der Waals surface area contributed by atoms with Crippen LogP contribution >= 0.6 is 11.8 Å². The van der Waals surface area contributed by atoms with Gasteiger partial charge in [0.15, 0.2) is 11.5 Å². The van der Waals surface area contributed by atoms with Gasteiger partial charge in [-0.25, -0.2) is 4.79 Å². The minimum atomic E-state index is -0.732. The minimum absolute atomic E-state index is 0.207. The molecular formula is C16H25N3O5S. The fourth-order valence-electron chi connectivity index (χ4n) is 2.21. The van der Waals surface area contributed by atoms with E-state index in [4.69, 9.17) is 19.9 Å². The number of hydrogen-bond donors (Lipinski definition) is 3. The van der Waals surface area contributed by atoms with Crippen molar-refractivity contribution in [1.82, 2.24) is 10.6 Å². The lowest BCUT2D eigenvalue weighted by Crippen LogP contribution is -2.48. The van der Waals surface area contributed by atoms with Crippen LogP contribution in [0.2, 0.25) is 0 Å². The summed E-state index contributed by atoms with van der Waals surface area (Å²) in [5, 5.41) is 5.24. The van der Waals surface area contributed by atoms with Crippen LogP contribution < -0.4 is 30.6 Å². The smallest absolute Gasteiger partial charge is 0.312 e. The minimum Gasteiger partial charge on any atom is -0.496 e. The Balaban J connectivity index is 2.86. The Morgan fingerprint density at radius 3 is 2.24 bits per heavy atom. The lowest BCUT2D eigenvalue weighted by molar-refractivity contribution is -0.123. The number of nitrogens with one attached hydrogen (secondary N) is 2. The Morgan fingerprint density at radius 1 is 1.12 bits per heavy atom. The number of nitrogens with two attached hydrogens (primary N) is 1. The number of amides is 3. The van der Waals surface area contributed by atoms with Gasteiger partial charge >= 0.3 is 6.03 Å². The van der Waals surface area contributed by atoms with Crippen LogP contribution in [0, 0.1) is 0 Å². The monoisotopic (exact) mass is 371 g/mol. The van der Waals surface area contributed by atoms with Gasteiger partial charge in [0.1, 0.15) is 11.8 Å². The van der Waals surface area contributed by atoms with Crippen LogP contribution in [0.3, 0.4) is 0 Å². The summed E-state index contributed by atoms with van der Waals surface area (Å²) in [5.41, 5.74) is 5.86. The first-order chi connectivity index (χ1) is 12.0. The molecule has 0 saturated carbocycles. The number of rotatable bonds is 10. The van der Waals surface area contributed by atoms with Gasteiger partial charge in [-0.15, -0.1) is 0 Å². The highest BCUT2D eigenvalue weighted by atomic mass is 32.2. The van der Waals surface area contributed by atoms with Gasteiger partial charge in [-0.05, 0) is 24.5 Å². The molecule has 0 aliphatic carbocycles. The van der Waals surface area contributed by atoms with Crippen LogP contribution in [0.15, 0.2) is 12.1 Å². The second-order valence-corrected chi connectivity index (χ2v) is 6.07. The zero-order valence-corrected chi connectivity index (χ0v) is 15.7. The van der Waals surface area contributed by atoms with E-state index in [1.54, 1.807) is 23.9 Å². The average Bonchev–Trinajstić information content (AvgIpc) is 2.61. The van der Waals surface area contributed by atoms with Crippen LogP contribution in [0.25, 0.3) is 0 Å². The van der Waals surface area contributed by atoms with E-state index < -0.39 is 12.1 Å². The molecule has 0 unspecified atom stereocenters. The van der Waals surface area contributed by atoms with Gasteiger partial charge in [0.25, 0.3) is 0 Å². The Morgan fingerprint density at radius 2 is 1.72 bits per heavy atom. The fourth-order valence-corrected chi connectivity index (χ4v) is 2.68. The molecular weight excluding hydrogens is 346 g/mol. The zero-order valence-electron chi connectivity index (χ0n) is 14.9. The first-order valence-electron chi connectivity index (χ1n) is 7.58. The van der Waals surface area contributed by atoms with E-state index in [9.17, 15) is 9.59 Å². The van der Waals surface area contributed by atoms with Gasteiger partial charge in [0.2, 0.25) is 5.91 Å². The van der Waals surface area contributed by atoms with Crippen molar-refractivity contribution in [2.24, 2.45) is 5.73 Å². The number of benzene rings is 1. The van der Waals surface area contributed by atoms with E-state index in [-0.39, 0.29) is 12.5 Å². The summed E-state index contributed by atoms with van der Waals surface area (Å²) >= 11 is 1.58. The molecule has 0 saturated heterocycles. The van der Waals surface area contributed by atoms with E-state index in [1.807, 2.05) is 6.26 Å². The lowest BCUT2D eigenvalue weighted by atomic mass is 10.1. The van der Waals surface area contributed by atoms with E-state index >= 15 is 0 Å². The molecule has 0 aromatic heterocycles. The SMILES string of the molecule is COc1cc(OC)c(OC)cc1CNC(=O)[C@H](CCSC)NC(N)=O. The maximum atomic E-state index is 12.3. The molecule has 140 valence electrons. The molecule has 1 rings (SSSR count). The number of carbonyl (C=O) groups is 2. The van der Waals surface area contributed by atoms with Crippen molar-refractivity contribution >= 4 is 23.7 Å². The Bertz CT molecular complexity index is 597. The molecule has 0 heterocycles. The van der Waals surface area contributed by atoms with Gasteiger partial charge in [-0.2, -0.15) is 11.8 Å². The van der Waals surface area contributed by atoms with Gasteiger partial charge < -0.3 is 30.6 Å². The molecule has 0 spiro atoms. The van der Waals surface area contributed by atoms with Crippen LogP contribution in [0.1, 0.15) is 12.0 Å². The quantitative estimate of drug-likeness (QED) is 0.568. The van der Waals surface area contributed by atoms with Gasteiger partial charge in [0.05, 0.1) is 21.3 Å². The third-order valence-electron chi connectivity index (χ3n) is 3.48. The average molecular weight is 371 g/mol. The Kier molecular flexibility index (Phi) is 8.76. The normalized spacial score (nSPS) is 11.4. The molecule has 8 nitrogen and oxygen atoms in total.